The van der Waals surface area contributed by atoms with Gasteiger partial charge in [-0.25, -0.2) is 4.79 Å². The van der Waals surface area contributed by atoms with Crippen LogP contribution in [0.15, 0.2) is 30.3 Å². The highest BCUT2D eigenvalue weighted by atomic mass is 16.5. The van der Waals surface area contributed by atoms with E-state index in [4.69, 9.17) is 4.74 Å². The molecule has 0 radical (unpaired) electrons. The number of benzene rings is 1. The standard InChI is InChI=1S/C19H30N2O2/c1-15(2)12-18(13-20-17-10-6-7-11-17)21-19(22)23-14-16-8-4-3-5-9-16/h3-5,8-9,15,17-18,20H,6-7,10-14H2,1-2H3,(H,21,22)/t18-/m0/s1. The number of carbonyl (C=O) groups is 1. The Bertz CT molecular complexity index is 456. The zero-order valence-electron chi connectivity index (χ0n) is 14.4. The molecule has 23 heavy (non-hydrogen) atoms. The fourth-order valence-corrected chi connectivity index (χ4v) is 3.13. The second kappa shape index (κ2) is 9.56. The number of carbonyl (C=O) groups excluding carboxylic acids is 1. The van der Waals surface area contributed by atoms with E-state index in [2.05, 4.69) is 24.5 Å². The first-order valence-electron chi connectivity index (χ1n) is 8.84. The Morgan fingerprint density at radius 1 is 1.22 bits per heavy atom. The van der Waals surface area contributed by atoms with Gasteiger partial charge in [-0.2, -0.15) is 0 Å². The van der Waals surface area contributed by atoms with E-state index in [-0.39, 0.29) is 12.1 Å². The summed E-state index contributed by atoms with van der Waals surface area (Å²) in [5, 5.41) is 6.61. The zero-order chi connectivity index (χ0) is 16.5. The minimum Gasteiger partial charge on any atom is -0.445 e. The third-order valence-electron chi connectivity index (χ3n) is 4.30. The Hall–Kier alpha value is -1.55. The smallest absolute Gasteiger partial charge is 0.407 e. The molecule has 4 nitrogen and oxygen atoms in total. The lowest BCUT2D eigenvalue weighted by Gasteiger charge is -2.23. The van der Waals surface area contributed by atoms with Crippen LogP contribution in [0.1, 0.15) is 51.5 Å². The number of rotatable bonds is 8. The molecular formula is C19H30N2O2. The summed E-state index contributed by atoms with van der Waals surface area (Å²) in [6.07, 6.45) is 5.78. The number of alkyl carbamates (subject to hydrolysis) is 1. The van der Waals surface area contributed by atoms with Gasteiger partial charge in [-0.3, -0.25) is 0 Å². The molecule has 128 valence electrons. The lowest BCUT2D eigenvalue weighted by atomic mass is 10.0. The van der Waals surface area contributed by atoms with E-state index in [1.54, 1.807) is 0 Å². The zero-order valence-corrected chi connectivity index (χ0v) is 14.4. The Morgan fingerprint density at radius 2 is 1.91 bits per heavy atom. The second-order valence-electron chi connectivity index (χ2n) is 6.92. The van der Waals surface area contributed by atoms with Crippen LogP contribution in [0.3, 0.4) is 0 Å². The van der Waals surface area contributed by atoms with Gasteiger partial charge >= 0.3 is 6.09 Å². The summed E-state index contributed by atoms with van der Waals surface area (Å²) >= 11 is 0. The highest BCUT2D eigenvalue weighted by Crippen LogP contribution is 2.17. The van der Waals surface area contributed by atoms with Gasteiger partial charge in [0.15, 0.2) is 0 Å². The largest absolute Gasteiger partial charge is 0.445 e. The molecule has 1 aromatic carbocycles. The van der Waals surface area contributed by atoms with Crippen molar-refractivity contribution in [2.45, 2.75) is 64.6 Å². The van der Waals surface area contributed by atoms with Crippen molar-refractivity contribution in [1.29, 1.82) is 0 Å². The quantitative estimate of drug-likeness (QED) is 0.765. The Labute approximate surface area is 140 Å². The molecule has 0 spiro atoms. The number of hydrogen-bond acceptors (Lipinski definition) is 3. The van der Waals surface area contributed by atoms with Gasteiger partial charge in [-0.1, -0.05) is 57.0 Å². The molecule has 1 saturated carbocycles. The van der Waals surface area contributed by atoms with Crippen LogP contribution in [0, 0.1) is 5.92 Å². The summed E-state index contributed by atoms with van der Waals surface area (Å²) in [5.41, 5.74) is 1.01. The van der Waals surface area contributed by atoms with E-state index >= 15 is 0 Å². The molecule has 4 heteroatoms. The molecular weight excluding hydrogens is 288 g/mol. The molecule has 0 aliphatic heterocycles. The molecule has 0 heterocycles. The van der Waals surface area contributed by atoms with Gasteiger partial charge in [-0.05, 0) is 30.7 Å². The fourth-order valence-electron chi connectivity index (χ4n) is 3.13. The summed E-state index contributed by atoms with van der Waals surface area (Å²) in [6, 6.07) is 10.5. The molecule has 1 atom stereocenters. The maximum Gasteiger partial charge on any atom is 0.407 e. The van der Waals surface area contributed by atoms with E-state index in [9.17, 15) is 4.79 Å². The summed E-state index contributed by atoms with van der Waals surface area (Å²) < 4.78 is 5.33. The average Bonchev–Trinajstić information content (AvgIpc) is 3.04. The molecule has 1 fully saturated rings. The molecule has 0 unspecified atom stereocenters. The maximum atomic E-state index is 12.0. The second-order valence-corrected chi connectivity index (χ2v) is 6.92. The predicted octanol–water partition coefficient (Wildman–Crippen LogP) is 3.86. The SMILES string of the molecule is CC(C)C[C@@H](CNC1CCCC1)NC(=O)OCc1ccccc1. The van der Waals surface area contributed by atoms with Crippen LogP contribution in [0.25, 0.3) is 0 Å². The van der Waals surface area contributed by atoms with Gasteiger partial charge in [0.05, 0.1) is 0 Å². The van der Waals surface area contributed by atoms with Crippen LogP contribution in [0.4, 0.5) is 4.79 Å². The monoisotopic (exact) mass is 318 g/mol. The Kier molecular flexibility index (Phi) is 7.40. The number of ether oxygens (including phenoxy) is 1. The molecule has 1 amide bonds. The van der Waals surface area contributed by atoms with Crippen molar-refractivity contribution in [3.63, 3.8) is 0 Å². The molecule has 2 N–H and O–H groups in total. The highest BCUT2D eigenvalue weighted by Gasteiger charge is 2.19. The highest BCUT2D eigenvalue weighted by molar-refractivity contribution is 5.67. The van der Waals surface area contributed by atoms with Gasteiger partial charge in [0.2, 0.25) is 0 Å². The van der Waals surface area contributed by atoms with E-state index in [1.165, 1.54) is 25.7 Å². The van der Waals surface area contributed by atoms with Crippen LogP contribution >= 0.6 is 0 Å². The van der Waals surface area contributed by atoms with Crippen molar-refractivity contribution in [2.24, 2.45) is 5.92 Å². The number of nitrogens with one attached hydrogen (secondary N) is 2. The van der Waals surface area contributed by atoms with Gasteiger partial charge in [0.1, 0.15) is 6.61 Å². The third kappa shape index (κ3) is 7.04. The normalized spacial score (nSPS) is 16.5. The molecule has 0 aromatic heterocycles. The number of amides is 1. The van der Waals surface area contributed by atoms with Gasteiger partial charge in [-0.15, -0.1) is 0 Å². The first-order valence-corrected chi connectivity index (χ1v) is 8.84. The first-order chi connectivity index (χ1) is 11.1. The summed E-state index contributed by atoms with van der Waals surface area (Å²) in [4.78, 5) is 12.0. The minimum atomic E-state index is -0.326. The molecule has 0 bridgehead atoms. The topological polar surface area (TPSA) is 50.4 Å². The van der Waals surface area contributed by atoms with Gasteiger partial charge in [0.25, 0.3) is 0 Å². The number of hydrogen-bond donors (Lipinski definition) is 2. The van der Waals surface area contributed by atoms with Crippen LogP contribution in [0.2, 0.25) is 0 Å². The van der Waals surface area contributed by atoms with E-state index in [1.807, 2.05) is 30.3 Å². The fraction of sp³-hybridized carbons (Fsp3) is 0.632. The van der Waals surface area contributed by atoms with Crippen molar-refractivity contribution >= 4 is 6.09 Å². The molecule has 1 aromatic rings. The van der Waals surface area contributed by atoms with Crippen molar-refractivity contribution in [3.05, 3.63) is 35.9 Å². The average molecular weight is 318 g/mol. The van der Waals surface area contributed by atoms with Crippen LogP contribution in [-0.2, 0) is 11.3 Å². The van der Waals surface area contributed by atoms with E-state index in [0.29, 0.717) is 18.6 Å². The van der Waals surface area contributed by atoms with Crippen molar-refractivity contribution in [1.82, 2.24) is 10.6 Å². The molecule has 2 rings (SSSR count). The summed E-state index contributed by atoms with van der Waals surface area (Å²) in [6.45, 7) is 5.50. The van der Waals surface area contributed by atoms with E-state index < -0.39 is 0 Å². The van der Waals surface area contributed by atoms with E-state index in [0.717, 1.165) is 18.5 Å². The maximum absolute atomic E-state index is 12.0. The lowest BCUT2D eigenvalue weighted by Crippen LogP contribution is -2.45. The Balaban J connectivity index is 1.74. The predicted molar refractivity (Wildman–Crippen MR) is 93.3 cm³/mol. The third-order valence-corrected chi connectivity index (χ3v) is 4.30. The summed E-state index contributed by atoms with van der Waals surface area (Å²) in [7, 11) is 0. The van der Waals surface area contributed by atoms with Crippen LogP contribution < -0.4 is 10.6 Å². The Morgan fingerprint density at radius 3 is 2.57 bits per heavy atom. The van der Waals surface area contributed by atoms with Crippen LogP contribution in [0.5, 0.6) is 0 Å². The first kappa shape index (κ1) is 17.8. The molecule has 1 aliphatic rings. The van der Waals surface area contributed by atoms with Gasteiger partial charge in [0, 0.05) is 18.6 Å². The van der Waals surface area contributed by atoms with Crippen LogP contribution in [-0.4, -0.2) is 24.7 Å². The van der Waals surface area contributed by atoms with Crippen molar-refractivity contribution in [2.75, 3.05) is 6.54 Å². The lowest BCUT2D eigenvalue weighted by molar-refractivity contribution is 0.134. The molecule has 0 saturated heterocycles. The summed E-state index contributed by atoms with van der Waals surface area (Å²) in [5.74, 6) is 0.541. The van der Waals surface area contributed by atoms with Crippen molar-refractivity contribution in [3.8, 4) is 0 Å². The molecule has 1 aliphatic carbocycles. The van der Waals surface area contributed by atoms with Crippen molar-refractivity contribution < 1.29 is 9.53 Å². The minimum absolute atomic E-state index is 0.124. The van der Waals surface area contributed by atoms with Gasteiger partial charge < -0.3 is 15.4 Å².